The molecule has 0 fully saturated rings. The van der Waals surface area contributed by atoms with Crippen molar-refractivity contribution in [1.82, 2.24) is 4.98 Å². The van der Waals surface area contributed by atoms with Gasteiger partial charge in [0.05, 0.1) is 12.7 Å². The lowest BCUT2D eigenvalue weighted by Gasteiger charge is -2.08. The average molecular weight is 217 g/mol. The van der Waals surface area contributed by atoms with E-state index in [4.69, 9.17) is 9.84 Å². The maximum atomic E-state index is 11.1. The van der Waals surface area contributed by atoms with Crippen molar-refractivity contribution in [3.05, 3.63) is 35.5 Å². The molecule has 0 amide bonds. The van der Waals surface area contributed by atoms with Gasteiger partial charge in [0, 0.05) is 11.6 Å². The summed E-state index contributed by atoms with van der Waals surface area (Å²) in [6.07, 6.45) is 1.48. The quantitative estimate of drug-likeness (QED) is 0.838. The van der Waals surface area contributed by atoms with Gasteiger partial charge in [0.15, 0.2) is 0 Å². The number of aromatic carboxylic acids is 1. The first-order valence-corrected chi connectivity index (χ1v) is 4.80. The van der Waals surface area contributed by atoms with Crippen molar-refractivity contribution in [2.24, 2.45) is 0 Å². The normalized spacial score (nSPS) is 10.4. The van der Waals surface area contributed by atoms with Crippen molar-refractivity contribution >= 4 is 16.9 Å². The van der Waals surface area contributed by atoms with Crippen molar-refractivity contribution < 1.29 is 14.6 Å². The average Bonchev–Trinajstić information content (AvgIpc) is 2.29. The number of carboxylic acid groups (broad SMARTS) is 1. The van der Waals surface area contributed by atoms with E-state index < -0.39 is 5.97 Å². The summed E-state index contributed by atoms with van der Waals surface area (Å²) in [5.41, 5.74) is 1.71. The van der Waals surface area contributed by atoms with E-state index in [1.807, 2.05) is 13.0 Å². The van der Waals surface area contributed by atoms with Crippen LogP contribution >= 0.6 is 0 Å². The molecule has 1 heterocycles. The highest BCUT2D eigenvalue weighted by atomic mass is 16.5. The summed E-state index contributed by atoms with van der Waals surface area (Å²) >= 11 is 0. The molecule has 0 aliphatic rings. The number of fused-ring (bicyclic) bond motifs is 1. The fourth-order valence-electron chi connectivity index (χ4n) is 1.75. The predicted molar refractivity (Wildman–Crippen MR) is 60.0 cm³/mol. The lowest BCUT2D eigenvalue weighted by atomic mass is 10.0. The molecule has 0 atom stereocenters. The molecule has 2 aromatic rings. The number of methoxy groups -OCH3 is 1. The monoisotopic (exact) mass is 217 g/mol. The highest BCUT2D eigenvalue weighted by molar-refractivity contribution is 6.05. The van der Waals surface area contributed by atoms with Crippen LogP contribution in [-0.4, -0.2) is 23.2 Å². The number of hydrogen-bond acceptors (Lipinski definition) is 3. The fourth-order valence-corrected chi connectivity index (χ4v) is 1.75. The Kier molecular flexibility index (Phi) is 2.48. The Bertz CT molecular complexity index is 563. The van der Waals surface area contributed by atoms with E-state index in [0.29, 0.717) is 16.7 Å². The zero-order valence-electron chi connectivity index (χ0n) is 9.02. The van der Waals surface area contributed by atoms with Gasteiger partial charge in [-0.1, -0.05) is 6.07 Å². The van der Waals surface area contributed by atoms with Crippen LogP contribution in [0.15, 0.2) is 24.4 Å². The first-order valence-electron chi connectivity index (χ1n) is 4.80. The largest absolute Gasteiger partial charge is 0.494 e. The molecule has 2 rings (SSSR count). The molecular formula is C12H11NO3. The van der Waals surface area contributed by atoms with Gasteiger partial charge in [0.1, 0.15) is 11.3 Å². The SMILES string of the molecule is COc1ccc(C)c2c(C(=O)O)ccnc12. The second kappa shape index (κ2) is 3.81. The molecule has 0 saturated heterocycles. The number of ether oxygens (including phenoxy) is 1. The van der Waals surface area contributed by atoms with Gasteiger partial charge in [0.2, 0.25) is 0 Å². The summed E-state index contributed by atoms with van der Waals surface area (Å²) in [4.78, 5) is 15.3. The van der Waals surface area contributed by atoms with E-state index in [2.05, 4.69) is 4.98 Å². The van der Waals surface area contributed by atoms with E-state index in [-0.39, 0.29) is 5.56 Å². The van der Waals surface area contributed by atoms with Gasteiger partial charge < -0.3 is 9.84 Å². The fraction of sp³-hybridized carbons (Fsp3) is 0.167. The predicted octanol–water partition coefficient (Wildman–Crippen LogP) is 2.25. The van der Waals surface area contributed by atoms with Gasteiger partial charge in [-0.05, 0) is 24.6 Å². The maximum absolute atomic E-state index is 11.1. The van der Waals surface area contributed by atoms with Crippen molar-refractivity contribution in [3.8, 4) is 5.75 Å². The van der Waals surface area contributed by atoms with Crippen molar-refractivity contribution in [3.63, 3.8) is 0 Å². The van der Waals surface area contributed by atoms with Crippen LogP contribution in [0.25, 0.3) is 10.9 Å². The smallest absolute Gasteiger partial charge is 0.336 e. The molecule has 0 radical (unpaired) electrons. The zero-order chi connectivity index (χ0) is 11.7. The minimum atomic E-state index is -0.955. The van der Waals surface area contributed by atoms with Crippen LogP contribution in [0.4, 0.5) is 0 Å². The molecule has 0 saturated carbocycles. The van der Waals surface area contributed by atoms with Crippen LogP contribution in [0.2, 0.25) is 0 Å². The lowest BCUT2D eigenvalue weighted by molar-refractivity contribution is 0.0699. The summed E-state index contributed by atoms with van der Waals surface area (Å²) in [5, 5.41) is 9.74. The first kappa shape index (κ1) is 10.4. The summed E-state index contributed by atoms with van der Waals surface area (Å²) in [5.74, 6) is -0.368. The molecule has 16 heavy (non-hydrogen) atoms. The molecular weight excluding hydrogens is 206 g/mol. The standard InChI is InChI=1S/C12H11NO3/c1-7-3-4-9(16-2)11-10(7)8(12(14)15)5-6-13-11/h3-6H,1-2H3,(H,14,15). The van der Waals surface area contributed by atoms with Gasteiger partial charge >= 0.3 is 5.97 Å². The molecule has 4 heteroatoms. The number of aryl methyl sites for hydroxylation is 1. The molecule has 0 aliphatic heterocycles. The number of pyridine rings is 1. The molecule has 0 spiro atoms. The van der Waals surface area contributed by atoms with Crippen LogP contribution in [0.1, 0.15) is 15.9 Å². The van der Waals surface area contributed by atoms with Crippen molar-refractivity contribution in [1.29, 1.82) is 0 Å². The molecule has 4 nitrogen and oxygen atoms in total. The van der Waals surface area contributed by atoms with Crippen molar-refractivity contribution in [2.45, 2.75) is 6.92 Å². The van der Waals surface area contributed by atoms with Gasteiger partial charge in [-0.25, -0.2) is 4.79 Å². The summed E-state index contributed by atoms with van der Waals surface area (Å²) < 4.78 is 5.16. The number of nitrogens with zero attached hydrogens (tertiary/aromatic N) is 1. The molecule has 1 aromatic carbocycles. The lowest BCUT2D eigenvalue weighted by Crippen LogP contribution is -2.00. The van der Waals surface area contributed by atoms with Gasteiger partial charge in [-0.3, -0.25) is 4.98 Å². The van der Waals surface area contributed by atoms with Crippen molar-refractivity contribution in [2.75, 3.05) is 7.11 Å². The highest BCUT2D eigenvalue weighted by Gasteiger charge is 2.13. The third-order valence-corrected chi connectivity index (χ3v) is 2.51. The Balaban J connectivity index is 2.91. The van der Waals surface area contributed by atoms with Crippen LogP contribution < -0.4 is 4.74 Å². The molecule has 1 aromatic heterocycles. The third kappa shape index (κ3) is 1.48. The van der Waals surface area contributed by atoms with Crippen LogP contribution in [0.5, 0.6) is 5.75 Å². The molecule has 0 unspecified atom stereocenters. The van der Waals surface area contributed by atoms with Crippen LogP contribution in [0, 0.1) is 6.92 Å². The topological polar surface area (TPSA) is 59.4 Å². The number of carbonyl (C=O) groups is 1. The number of rotatable bonds is 2. The second-order valence-corrected chi connectivity index (χ2v) is 3.47. The molecule has 0 aliphatic carbocycles. The van der Waals surface area contributed by atoms with Crippen LogP contribution in [-0.2, 0) is 0 Å². The van der Waals surface area contributed by atoms with E-state index >= 15 is 0 Å². The Labute approximate surface area is 92.5 Å². The summed E-state index contributed by atoms with van der Waals surface area (Å²) in [6, 6.07) is 5.11. The number of hydrogen-bond donors (Lipinski definition) is 1. The Morgan fingerprint density at radius 3 is 2.75 bits per heavy atom. The Hall–Kier alpha value is -2.10. The Morgan fingerprint density at radius 1 is 1.38 bits per heavy atom. The molecule has 0 bridgehead atoms. The Morgan fingerprint density at radius 2 is 2.12 bits per heavy atom. The van der Waals surface area contributed by atoms with E-state index in [1.165, 1.54) is 12.3 Å². The van der Waals surface area contributed by atoms with Crippen LogP contribution in [0.3, 0.4) is 0 Å². The highest BCUT2D eigenvalue weighted by Crippen LogP contribution is 2.28. The number of aromatic nitrogens is 1. The summed E-state index contributed by atoms with van der Waals surface area (Å²) in [6.45, 7) is 1.86. The minimum absolute atomic E-state index is 0.251. The summed E-state index contributed by atoms with van der Waals surface area (Å²) in [7, 11) is 1.54. The van der Waals surface area contributed by atoms with Gasteiger partial charge in [-0.15, -0.1) is 0 Å². The first-order chi connectivity index (χ1) is 7.65. The second-order valence-electron chi connectivity index (χ2n) is 3.47. The third-order valence-electron chi connectivity index (χ3n) is 2.51. The molecule has 82 valence electrons. The van der Waals surface area contributed by atoms with E-state index in [1.54, 1.807) is 13.2 Å². The van der Waals surface area contributed by atoms with Gasteiger partial charge in [-0.2, -0.15) is 0 Å². The maximum Gasteiger partial charge on any atom is 0.336 e. The zero-order valence-corrected chi connectivity index (χ0v) is 9.02. The number of carboxylic acids is 1. The number of benzene rings is 1. The molecule has 1 N–H and O–H groups in total. The van der Waals surface area contributed by atoms with Gasteiger partial charge in [0.25, 0.3) is 0 Å². The minimum Gasteiger partial charge on any atom is -0.494 e. The van der Waals surface area contributed by atoms with E-state index in [9.17, 15) is 4.79 Å². The van der Waals surface area contributed by atoms with E-state index in [0.717, 1.165) is 5.56 Å².